The van der Waals surface area contributed by atoms with Gasteiger partial charge in [-0.15, -0.1) is 11.3 Å². The molecule has 0 spiro atoms. The number of thiophene rings is 1. The molecule has 112 valence electrons. The third-order valence-electron chi connectivity index (χ3n) is 3.10. The van der Waals surface area contributed by atoms with Gasteiger partial charge in [-0.3, -0.25) is 9.59 Å². The zero-order valence-corrected chi connectivity index (χ0v) is 13.0. The Hall–Kier alpha value is -2.15. The van der Waals surface area contributed by atoms with Gasteiger partial charge < -0.3 is 14.7 Å². The lowest BCUT2D eigenvalue weighted by Gasteiger charge is -2.15. The molecule has 0 unspecified atom stereocenters. The van der Waals surface area contributed by atoms with Crippen LogP contribution in [-0.4, -0.2) is 35.5 Å². The van der Waals surface area contributed by atoms with Gasteiger partial charge in [0.15, 0.2) is 0 Å². The van der Waals surface area contributed by atoms with Crippen LogP contribution in [0.15, 0.2) is 22.0 Å². The minimum atomic E-state index is -0.220. The van der Waals surface area contributed by atoms with E-state index in [1.807, 2.05) is 18.4 Å². The van der Waals surface area contributed by atoms with Crippen molar-refractivity contribution in [3.63, 3.8) is 0 Å². The monoisotopic (exact) mass is 307 g/mol. The van der Waals surface area contributed by atoms with Crippen LogP contribution in [0.25, 0.3) is 0 Å². The SMILES string of the molecule is Cc1noc(C)c1CNC(=O)CN(C)C(=O)c1cccs1. The second-order valence-electron chi connectivity index (χ2n) is 4.72. The van der Waals surface area contributed by atoms with Gasteiger partial charge in [-0.05, 0) is 25.3 Å². The van der Waals surface area contributed by atoms with Crippen LogP contribution in [0.2, 0.25) is 0 Å². The lowest BCUT2D eigenvalue weighted by atomic mass is 10.2. The maximum absolute atomic E-state index is 12.0. The first-order chi connectivity index (χ1) is 9.99. The Bertz CT molecular complexity index is 614. The topological polar surface area (TPSA) is 75.4 Å². The minimum absolute atomic E-state index is 0.0140. The van der Waals surface area contributed by atoms with Crippen LogP contribution in [0.3, 0.4) is 0 Å². The maximum Gasteiger partial charge on any atom is 0.264 e. The second-order valence-corrected chi connectivity index (χ2v) is 5.67. The molecule has 1 N–H and O–H groups in total. The van der Waals surface area contributed by atoms with Crippen molar-refractivity contribution < 1.29 is 14.1 Å². The van der Waals surface area contributed by atoms with E-state index in [2.05, 4.69) is 10.5 Å². The van der Waals surface area contributed by atoms with Crippen LogP contribution in [0.5, 0.6) is 0 Å². The van der Waals surface area contributed by atoms with E-state index in [0.29, 0.717) is 17.2 Å². The number of nitrogens with one attached hydrogen (secondary N) is 1. The van der Waals surface area contributed by atoms with E-state index in [-0.39, 0.29) is 18.4 Å². The van der Waals surface area contributed by atoms with E-state index >= 15 is 0 Å². The van der Waals surface area contributed by atoms with Gasteiger partial charge in [-0.25, -0.2) is 0 Å². The number of amides is 2. The third-order valence-corrected chi connectivity index (χ3v) is 3.96. The van der Waals surface area contributed by atoms with E-state index in [1.54, 1.807) is 20.0 Å². The standard InChI is InChI=1S/C14H17N3O3S/c1-9-11(10(2)20-16-9)7-15-13(18)8-17(3)14(19)12-5-4-6-21-12/h4-6H,7-8H2,1-3H3,(H,15,18). The molecule has 0 radical (unpaired) electrons. The van der Waals surface area contributed by atoms with E-state index in [4.69, 9.17) is 4.52 Å². The van der Waals surface area contributed by atoms with Crippen LogP contribution in [0.4, 0.5) is 0 Å². The van der Waals surface area contributed by atoms with Gasteiger partial charge in [0.1, 0.15) is 5.76 Å². The van der Waals surface area contributed by atoms with Gasteiger partial charge in [0.05, 0.1) is 17.1 Å². The molecular formula is C14H17N3O3S. The molecule has 0 aliphatic carbocycles. The number of hydrogen-bond donors (Lipinski definition) is 1. The van der Waals surface area contributed by atoms with Crippen LogP contribution in [0.1, 0.15) is 26.7 Å². The molecule has 0 aromatic carbocycles. The number of likely N-dealkylation sites (N-methyl/N-ethyl adjacent to an activating group) is 1. The summed E-state index contributed by atoms with van der Waals surface area (Å²) in [7, 11) is 1.61. The number of nitrogens with zero attached hydrogens (tertiary/aromatic N) is 2. The van der Waals surface area contributed by atoms with Crippen molar-refractivity contribution in [2.75, 3.05) is 13.6 Å². The molecule has 21 heavy (non-hydrogen) atoms. The Morgan fingerprint density at radius 3 is 2.76 bits per heavy atom. The van der Waals surface area contributed by atoms with Crippen molar-refractivity contribution in [2.24, 2.45) is 0 Å². The first kappa shape index (κ1) is 15.2. The van der Waals surface area contributed by atoms with Crippen molar-refractivity contribution in [3.05, 3.63) is 39.4 Å². The molecule has 0 saturated heterocycles. The first-order valence-corrected chi connectivity index (χ1v) is 7.34. The van der Waals surface area contributed by atoms with Gasteiger partial charge in [0, 0.05) is 19.2 Å². The normalized spacial score (nSPS) is 10.4. The largest absolute Gasteiger partial charge is 0.361 e. The summed E-state index contributed by atoms with van der Waals surface area (Å²) in [6.45, 7) is 3.99. The average molecular weight is 307 g/mol. The number of rotatable bonds is 5. The Morgan fingerprint density at radius 1 is 1.43 bits per heavy atom. The molecule has 0 bridgehead atoms. The van der Waals surface area contributed by atoms with Gasteiger partial charge in [0.2, 0.25) is 5.91 Å². The molecule has 0 saturated carbocycles. The summed E-state index contributed by atoms with van der Waals surface area (Å²) in [4.78, 5) is 25.9. The molecule has 2 aromatic rings. The predicted octanol–water partition coefficient (Wildman–Crippen LogP) is 1.74. The van der Waals surface area contributed by atoms with Gasteiger partial charge in [-0.2, -0.15) is 0 Å². The highest BCUT2D eigenvalue weighted by Gasteiger charge is 2.16. The Kier molecular flexibility index (Phi) is 4.74. The molecule has 2 aromatic heterocycles. The zero-order valence-electron chi connectivity index (χ0n) is 12.2. The highest BCUT2D eigenvalue weighted by Crippen LogP contribution is 2.12. The van der Waals surface area contributed by atoms with E-state index < -0.39 is 0 Å². The molecule has 2 amide bonds. The highest BCUT2D eigenvalue weighted by molar-refractivity contribution is 7.12. The summed E-state index contributed by atoms with van der Waals surface area (Å²) in [5, 5.41) is 8.43. The summed E-state index contributed by atoms with van der Waals surface area (Å²) in [5.41, 5.74) is 1.63. The summed E-state index contributed by atoms with van der Waals surface area (Å²) in [6.07, 6.45) is 0. The Morgan fingerprint density at radius 2 is 2.19 bits per heavy atom. The van der Waals surface area contributed by atoms with Crippen molar-refractivity contribution in [3.8, 4) is 0 Å². The number of carbonyl (C=O) groups excluding carboxylic acids is 2. The van der Waals surface area contributed by atoms with Crippen molar-refractivity contribution in [2.45, 2.75) is 20.4 Å². The quantitative estimate of drug-likeness (QED) is 0.913. The Labute approximate surface area is 126 Å². The van der Waals surface area contributed by atoms with Gasteiger partial charge in [0.25, 0.3) is 5.91 Å². The number of hydrogen-bond acceptors (Lipinski definition) is 5. The average Bonchev–Trinajstić information content (AvgIpc) is 3.07. The molecule has 0 fully saturated rings. The van der Waals surface area contributed by atoms with Crippen molar-refractivity contribution in [1.82, 2.24) is 15.4 Å². The van der Waals surface area contributed by atoms with E-state index in [9.17, 15) is 9.59 Å². The van der Waals surface area contributed by atoms with Crippen LogP contribution < -0.4 is 5.32 Å². The van der Waals surface area contributed by atoms with Gasteiger partial charge >= 0.3 is 0 Å². The fraction of sp³-hybridized carbons (Fsp3) is 0.357. The smallest absolute Gasteiger partial charge is 0.264 e. The number of carbonyl (C=O) groups is 2. The highest BCUT2D eigenvalue weighted by atomic mass is 32.1. The zero-order chi connectivity index (χ0) is 15.4. The molecule has 2 rings (SSSR count). The molecule has 0 aliphatic heterocycles. The predicted molar refractivity (Wildman–Crippen MR) is 79.1 cm³/mol. The maximum atomic E-state index is 12.0. The molecule has 6 nitrogen and oxygen atoms in total. The van der Waals surface area contributed by atoms with E-state index in [0.717, 1.165) is 11.3 Å². The van der Waals surface area contributed by atoms with Crippen molar-refractivity contribution in [1.29, 1.82) is 0 Å². The Balaban J connectivity index is 1.86. The lowest BCUT2D eigenvalue weighted by Crippen LogP contribution is -2.37. The van der Waals surface area contributed by atoms with Crippen LogP contribution in [-0.2, 0) is 11.3 Å². The van der Waals surface area contributed by atoms with Crippen molar-refractivity contribution >= 4 is 23.2 Å². The lowest BCUT2D eigenvalue weighted by molar-refractivity contribution is -0.121. The molecule has 0 atom stereocenters. The second kappa shape index (κ2) is 6.53. The molecular weight excluding hydrogens is 290 g/mol. The summed E-state index contributed by atoms with van der Waals surface area (Å²) >= 11 is 1.36. The van der Waals surface area contributed by atoms with E-state index in [1.165, 1.54) is 16.2 Å². The number of aryl methyl sites for hydroxylation is 2. The van der Waals surface area contributed by atoms with Crippen LogP contribution in [0, 0.1) is 13.8 Å². The summed E-state index contributed by atoms with van der Waals surface area (Å²) in [6, 6.07) is 3.55. The molecule has 0 aliphatic rings. The fourth-order valence-electron chi connectivity index (χ4n) is 1.87. The fourth-order valence-corrected chi connectivity index (χ4v) is 2.59. The number of aromatic nitrogens is 1. The van der Waals surface area contributed by atoms with Gasteiger partial charge in [-0.1, -0.05) is 11.2 Å². The molecule has 7 heteroatoms. The minimum Gasteiger partial charge on any atom is -0.361 e. The summed E-state index contributed by atoms with van der Waals surface area (Å²) < 4.78 is 5.03. The molecule has 2 heterocycles. The third kappa shape index (κ3) is 3.69. The summed E-state index contributed by atoms with van der Waals surface area (Å²) in [5.74, 6) is 0.315. The van der Waals surface area contributed by atoms with Crippen LogP contribution >= 0.6 is 11.3 Å². The first-order valence-electron chi connectivity index (χ1n) is 6.46.